The Kier molecular flexibility index (Phi) is 8.44. The van der Waals surface area contributed by atoms with Gasteiger partial charge >= 0.3 is 5.97 Å². The fraction of sp³-hybridized carbons (Fsp3) is 0.821. The van der Waals surface area contributed by atoms with Crippen molar-refractivity contribution in [2.45, 2.75) is 79.8 Å². The summed E-state index contributed by atoms with van der Waals surface area (Å²) in [6.07, 6.45) is 4.80. The van der Waals surface area contributed by atoms with Crippen molar-refractivity contribution < 1.29 is 19.1 Å². The minimum absolute atomic E-state index is 0.147. The van der Waals surface area contributed by atoms with Crippen molar-refractivity contribution in [3.8, 4) is 0 Å². The second kappa shape index (κ2) is 10.5. The Morgan fingerprint density at radius 1 is 1.21 bits per heavy atom. The summed E-state index contributed by atoms with van der Waals surface area (Å²) >= 11 is 1.60. The first kappa shape index (κ1) is 27.4. The van der Waals surface area contributed by atoms with Crippen LogP contribution in [0.2, 0.25) is 0 Å². The van der Waals surface area contributed by atoms with Crippen molar-refractivity contribution >= 4 is 29.3 Å². The quantitative estimate of drug-likeness (QED) is 0.252. The van der Waals surface area contributed by atoms with E-state index in [1.807, 2.05) is 13.8 Å². The number of ether oxygens (including phenoxy) is 1. The number of ketones is 2. The summed E-state index contributed by atoms with van der Waals surface area (Å²) in [5.74, 6) is 1.13. The Balaban J connectivity index is 1.89. The molecule has 0 heterocycles. The van der Waals surface area contributed by atoms with Crippen LogP contribution in [0.5, 0.6) is 0 Å². The Morgan fingerprint density at radius 3 is 2.50 bits per heavy atom. The molecule has 34 heavy (non-hydrogen) atoms. The number of esters is 1. The van der Waals surface area contributed by atoms with Gasteiger partial charge in [-0.1, -0.05) is 40.7 Å². The van der Waals surface area contributed by atoms with Crippen LogP contribution >= 0.6 is 11.8 Å². The zero-order chi connectivity index (χ0) is 25.3. The molecule has 0 spiro atoms. The van der Waals surface area contributed by atoms with E-state index in [0.717, 1.165) is 44.6 Å². The lowest BCUT2D eigenvalue weighted by Gasteiger charge is -2.60. The van der Waals surface area contributed by atoms with E-state index in [1.165, 1.54) is 0 Å². The largest absolute Gasteiger partial charge is 0.461 e. The molecule has 0 aromatic heterocycles. The molecule has 0 N–H and O–H groups in total. The van der Waals surface area contributed by atoms with Gasteiger partial charge in [0.05, 0.1) is 5.75 Å². The van der Waals surface area contributed by atoms with Crippen LogP contribution in [0, 0.1) is 34.0 Å². The fourth-order valence-electron chi connectivity index (χ4n) is 7.36. The van der Waals surface area contributed by atoms with Gasteiger partial charge in [-0.05, 0) is 50.6 Å². The van der Waals surface area contributed by atoms with Crippen LogP contribution in [0.4, 0.5) is 0 Å². The molecule has 3 rings (SSSR count). The molecule has 6 heteroatoms. The summed E-state index contributed by atoms with van der Waals surface area (Å²) in [7, 11) is 0. The number of Topliss-reactive ketones (excluding diaryl/α,β-unsaturated/α-hetero) is 2. The second-order valence-electron chi connectivity index (χ2n) is 11.4. The van der Waals surface area contributed by atoms with Gasteiger partial charge in [0, 0.05) is 47.8 Å². The van der Waals surface area contributed by atoms with Crippen LogP contribution in [0.25, 0.3) is 0 Å². The molecular formula is C28H45NO4S. The standard InChI is InChI=1S/C28H45NO4S/c1-8-26(6)17-22(33-23(31)18-34-16-15-29(9-2)10-3)27(7)19(4)11-13-28(20(5)25(26)32)14-12-21(30)24(27)28/h8,19-20,22,24H,1,9-18H2,2-7H3/t19-,20+,22-,24+,26-,27+,28+/m1/s1. The van der Waals surface area contributed by atoms with E-state index < -0.39 is 16.9 Å². The lowest BCUT2D eigenvalue weighted by molar-refractivity contribution is -0.191. The first-order chi connectivity index (χ1) is 16.0. The van der Waals surface area contributed by atoms with Crippen molar-refractivity contribution in [3.63, 3.8) is 0 Å². The maximum atomic E-state index is 13.8. The fourth-order valence-corrected chi connectivity index (χ4v) is 8.13. The van der Waals surface area contributed by atoms with E-state index >= 15 is 0 Å². The topological polar surface area (TPSA) is 63.7 Å². The summed E-state index contributed by atoms with van der Waals surface area (Å²) in [6.45, 7) is 19.6. The average Bonchev–Trinajstić information content (AvgIpc) is 3.17. The summed E-state index contributed by atoms with van der Waals surface area (Å²) < 4.78 is 6.25. The Bertz CT molecular complexity index is 810. The number of carbonyl (C=O) groups is 3. The van der Waals surface area contributed by atoms with Gasteiger partial charge in [-0.3, -0.25) is 14.4 Å². The van der Waals surface area contributed by atoms with Crippen molar-refractivity contribution in [1.29, 1.82) is 0 Å². The normalized spacial score (nSPS) is 40.0. The Labute approximate surface area is 210 Å². The number of rotatable bonds is 9. The molecule has 0 aliphatic heterocycles. The van der Waals surface area contributed by atoms with Gasteiger partial charge in [-0.2, -0.15) is 0 Å². The van der Waals surface area contributed by atoms with E-state index in [9.17, 15) is 14.4 Å². The molecule has 192 valence electrons. The van der Waals surface area contributed by atoms with Crippen LogP contribution in [0.15, 0.2) is 12.7 Å². The third kappa shape index (κ3) is 4.54. The minimum atomic E-state index is -0.776. The summed E-state index contributed by atoms with van der Waals surface area (Å²) in [4.78, 5) is 42.6. The predicted molar refractivity (Wildman–Crippen MR) is 139 cm³/mol. The molecule has 5 nitrogen and oxygen atoms in total. The molecule has 0 unspecified atom stereocenters. The third-order valence-electron chi connectivity index (χ3n) is 9.97. The maximum absolute atomic E-state index is 13.8. The summed E-state index contributed by atoms with van der Waals surface area (Å²) in [5, 5.41) is 0. The SMILES string of the molecule is C=C[C@]1(C)C[C@@H](OC(=O)CSCCN(CC)CC)[C@]2(C)[C@H](C)CC[C@]3(CCC(=O)[C@H]32)[C@@H](C)C1=O. The van der Waals surface area contributed by atoms with Gasteiger partial charge in [-0.25, -0.2) is 0 Å². The van der Waals surface area contributed by atoms with Crippen molar-refractivity contribution in [2.75, 3.05) is 31.1 Å². The van der Waals surface area contributed by atoms with Gasteiger partial charge in [0.2, 0.25) is 0 Å². The van der Waals surface area contributed by atoms with Crippen LogP contribution < -0.4 is 0 Å². The number of hydrogen-bond acceptors (Lipinski definition) is 6. The van der Waals surface area contributed by atoms with Crippen molar-refractivity contribution in [3.05, 3.63) is 12.7 Å². The van der Waals surface area contributed by atoms with Crippen LogP contribution in [-0.4, -0.2) is 59.7 Å². The second-order valence-corrected chi connectivity index (χ2v) is 12.5. The van der Waals surface area contributed by atoms with E-state index in [-0.39, 0.29) is 40.7 Å². The highest BCUT2D eigenvalue weighted by Crippen LogP contribution is 2.67. The average molecular weight is 492 g/mol. The number of allylic oxidation sites excluding steroid dienone is 1. The van der Waals surface area contributed by atoms with Crippen molar-refractivity contribution in [2.24, 2.45) is 34.0 Å². The van der Waals surface area contributed by atoms with Gasteiger partial charge < -0.3 is 9.64 Å². The number of hydrogen-bond donors (Lipinski definition) is 0. The number of carbonyl (C=O) groups excluding carboxylic acids is 3. The molecule has 3 aliphatic rings. The smallest absolute Gasteiger partial charge is 0.316 e. The molecule has 3 aliphatic carbocycles. The summed E-state index contributed by atoms with van der Waals surface area (Å²) in [5.41, 5.74) is -1.59. The zero-order valence-electron chi connectivity index (χ0n) is 22.2. The minimum Gasteiger partial charge on any atom is -0.461 e. The van der Waals surface area contributed by atoms with Crippen molar-refractivity contribution in [1.82, 2.24) is 4.90 Å². The highest BCUT2D eigenvalue weighted by atomic mass is 32.2. The maximum Gasteiger partial charge on any atom is 0.316 e. The molecule has 7 atom stereocenters. The highest BCUT2D eigenvalue weighted by molar-refractivity contribution is 7.99. The van der Waals surface area contributed by atoms with Gasteiger partial charge in [0.15, 0.2) is 0 Å². The molecule has 0 aromatic carbocycles. The lowest BCUT2D eigenvalue weighted by atomic mass is 9.44. The molecule has 3 saturated carbocycles. The molecule has 0 radical (unpaired) electrons. The van der Waals surface area contributed by atoms with E-state index in [0.29, 0.717) is 18.6 Å². The van der Waals surface area contributed by atoms with E-state index in [1.54, 1.807) is 17.8 Å². The Hall–Kier alpha value is -1.14. The van der Waals surface area contributed by atoms with Gasteiger partial charge in [0.1, 0.15) is 17.7 Å². The zero-order valence-corrected chi connectivity index (χ0v) is 23.0. The molecule has 2 bridgehead atoms. The predicted octanol–water partition coefficient (Wildman–Crippen LogP) is 5.18. The number of nitrogens with zero attached hydrogens (tertiary/aromatic N) is 1. The lowest BCUT2D eigenvalue weighted by Crippen LogP contribution is -2.62. The Morgan fingerprint density at radius 2 is 1.88 bits per heavy atom. The monoisotopic (exact) mass is 491 g/mol. The third-order valence-corrected chi connectivity index (χ3v) is 10.9. The van der Waals surface area contributed by atoms with Gasteiger partial charge in [0.25, 0.3) is 0 Å². The van der Waals surface area contributed by atoms with Crippen LogP contribution in [0.3, 0.4) is 0 Å². The first-order valence-corrected chi connectivity index (χ1v) is 14.4. The molecular weight excluding hydrogens is 446 g/mol. The number of thioether (sulfide) groups is 1. The molecule has 3 fully saturated rings. The molecule has 0 saturated heterocycles. The molecule has 0 aromatic rings. The molecule has 0 amide bonds. The van der Waals surface area contributed by atoms with E-state index in [4.69, 9.17) is 4.74 Å². The summed E-state index contributed by atoms with van der Waals surface area (Å²) in [6, 6.07) is 0. The van der Waals surface area contributed by atoms with Gasteiger partial charge in [-0.15, -0.1) is 18.3 Å². The van der Waals surface area contributed by atoms with Crippen LogP contribution in [0.1, 0.15) is 73.6 Å². The van der Waals surface area contributed by atoms with E-state index in [2.05, 4.69) is 39.2 Å². The highest BCUT2D eigenvalue weighted by Gasteiger charge is 2.68. The first-order valence-electron chi connectivity index (χ1n) is 13.2. The van der Waals surface area contributed by atoms with Crippen LogP contribution in [-0.2, 0) is 19.1 Å².